The first-order chi connectivity index (χ1) is 12.7. The van der Waals surface area contributed by atoms with Gasteiger partial charge in [-0.15, -0.1) is 0 Å². The Balaban J connectivity index is 1.36. The highest BCUT2D eigenvalue weighted by atomic mass is 79.9. The minimum atomic E-state index is 0.105. The molecule has 132 valence electrons. The van der Waals surface area contributed by atoms with Crippen LogP contribution < -0.4 is 4.74 Å². The van der Waals surface area contributed by atoms with Crippen molar-refractivity contribution in [2.24, 2.45) is 0 Å². The molecular formula is C20H18BrN3O2. The molecule has 0 atom stereocenters. The first-order valence-corrected chi connectivity index (χ1v) is 9.55. The maximum atomic E-state index is 12.6. The minimum Gasteiger partial charge on any atom is -0.490 e. The standard InChI is InChI=1S/C20H18BrN3O2/c21-19-9-17(4-1-13(19)10-22)26-16-5-2-15(3-6-16)24-12-14-7-8-23-11-18(14)20(24)25/h1,4,7-9,11,15-16H,2-3,5-6,12H2/t15-,16-. The summed E-state index contributed by atoms with van der Waals surface area (Å²) in [6.07, 6.45) is 7.28. The minimum absolute atomic E-state index is 0.105. The fraction of sp³-hybridized carbons (Fsp3) is 0.350. The van der Waals surface area contributed by atoms with Gasteiger partial charge in [0.1, 0.15) is 11.8 Å². The number of carbonyl (C=O) groups is 1. The van der Waals surface area contributed by atoms with Gasteiger partial charge in [-0.1, -0.05) is 0 Å². The van der Waals surface area contributed by atoms with Crippen molar-refractivity contribution in [1.82, 2.24) is 9.88 Å². The molecule has 0 radical (unpaired) electrons. The van der Waals surface area contributed by atoms with Gasteiger partial charge in [-0.2, -0.15) is 5.26 Å². The molecule has 0 N–H and O–H groups in total. The zero-order valence-electron chi connectivity index (χ0n) is 14.2. The van der Waals surface area contributed by atoms with E-state index >= 15 is 0 Å². The Hall–Kier alpha value is -2.39. The summed E-state index contributed by atoms with van der Waals surface area (Å²) >= 11 is 3.40. The van der Waals surface area contributed by atoms with Gasteiger partial charge in [0, 0.05) is 29.5 Å². The predicted octanol–water partition coefficient (Wildman–Crippen LogP) is 4.06. The van der Waals surface area contributed by atoms with E-state index in [1.807, 2.05) is 23.1 Å². The summed E-state index contributed by atoms with van der Waals surface area (Å²) in [5.74, 6) is 0.878. The highest BCUT2D eigenvalue weighted by Gasteiger charge is 2.35. The van der Waals surface area contributed by atoms with Gasteiger partial charge in [-0.25, -0.2) is 0 Å². The average molecular weight is 412 g/mol. The number of nitrogens with zero attached hydrogens (tertiary/aromatic N) is 3. The van der Waals surface area contributed by atoms with Crippen LogP contribution >= 0.6 is 15.9 Å². The lowest BCUT2D eigenvalue weighted by molar-refractivity contribution is 0.0561. The first-order valence-electron chi connectivity index (χ1n) is 8.76. The van der Waals surface area contributed by atoms with Crippen LogP contribution in [0.5, 0.6) is 5.75 Å². The zero-order valence-corrected chi connectivity index (χ0v) is 15.8. The van der Waals surface area contributed by atoms with Crippen molar-refractivity contribution >= 4 is 21.8 Å². The second-order valence-electron chi connectivity index (χ2n) is 6.77. The maximum Gasteiger partial charge on any atom is 0.256 e. The third-order valence-electron chi connectivity index (χ3n) is 5.19. The molecule has 1 amide bonds. The van der Waals surface area contributed by atoms with Gasteiger partial charge in [0.15, 0.2) is 0 Å². The van der Waals surface area contributed by atoms with E-state index < -0.39 is 0 Å². The highest BCUT2D eigenvalue weighted by Crippen LogP contribution is 2.32. The lowest BCUT2D eigenvalue weighted by Crippen LogP contribution is -2.40. The first kappa shape index (κ1) is 17.0. The third-order valence-corrected chi connectivity index (χ3v) is 5.85. The number of pyridine rings is 1. The number of nitriles is 1. The number of ether oxygens (including phenoxy) is 1. The van der Waals surface area contributed by atoms with E-state index in [-0.39, 0.29) is 18.1 Å². The fourth-order valence-corrected chi connectivity index (χ4v) is 4.23. The molecule has 0 bridgehead atoms. The van der Waals surface area contributed by atoms with E-state index in [0.717, 1.165) is 47.0 Å². The number of amides is 1. The molecule has 0 saturated heterocycles. The van der Waals surface area contributed by atoms with Gasteiger partial charge in [0.05, 0.1) is 17.2 Å². The smallest absolute Gasteiger partial charge is 0.256 e. The lowest BCUT2D eigenvalue weighted by Gasteiger charge is -2.34. The summed E-state index contributed by atoms with van der Waals surface area (Å²) in [5.41, 5.74) is 2.42. The molecule has 1 aliphatic carbocycles. The summed E-state index contributed by atoms with van der Waals surface area (Å²) in [7, 11) is 0. The molecule has 2 aliphatic rings. The summed E-state index contributed by atoms with van der Waals surface area (Å²) in [5, 5.41) is 8.99. The van der Waals surface area contributed by atoms with Crippen molar-refractivity contribution in [2.45, 2.75) is 44.4 Å². The molecule has 0 spiro atoms. The molecule has 1 aromatic heterocycles. The number of halogens is 1. The predicted molar refractivity (Wildman–Crippen MR) is 99.6 cm³/mol. The SMILES string of the molecule is N#Cc1ccc(O[C@H]2CC[C@H](N3Cc4ccncc4C3=O)CC2)cc1Br. The summed E-state index contributed by atoms with van der Waals surface area (Å²) in [4.78, 5) is 18.6. The van der Waals surface area contributed by atoms with Crippen molar-refractivity contribution < 1.29 is 9.53 Å². The number of hydrogen-bond donors (Lipinski definition) is 0. The Morgan fingerprint density at radius 1 is 1.23 bits per heavy atom. The van der Waals surface area contributed by atoms with Crippen LogP contribution in [-0.4, -0.2) is 27.9 Å². The van der Waals surface area contributed by atoms with Crippen molar-refractivity contribution in [2.75, 3.05) is 0 Å². The largest absolute Gasteiger partial charge is 0.490 e. The van der Waals surface area contributed by atoms with E-state index in [9.17, 15) is 4.79 Å². The second-order valence-corrected chi connectivity index (χ2v) is 7.62. The van der Waals surface area contributed by atoms with E-state index in [2.05, 4.69) is 27.0 Å². The molecule has 1 fully saturated rings. The average Bonchev–Trinajstić information content (AvgIpc) is 3.00. The van der Waals surface area contributed by atoms with Gasteiger partial charge in [0.25, 0.3) is 5.91 Å². The van der Waals surface area contributed by atoms with Crippen LogP contribution in [0, 0.1) is 11.3 Å². The number of benzene rings is 1. The molecule has 4 rings (SSSR count). The number of carbonyl (C=O) groups excluding carboxylic acids is 1. The van der Waals surface area contributed by atoms with Gasteiger partial charge < -0.3 is 9.64 Å². The van der Waals surface area contributed by atoms with Crippen LogP contribution in [0.1, 0.15) is 47.2 Å². The Labute approximate surface area is 160 Å². The quantitative estimate of drug-likeness (QED) is 0.763. The number of hydrogen-bond acceptors (Lipinski definition) is 4. The Bertz CT molecular complexity index is 885. The third kappa shape index (κ3) is 3.19. The van der Waals surface area contributed by atoms with Crippen LogP contribution in [0.25, 0.3) is 0 Å². The molecule has 0 unspecified atom stereocenters. The van der Waals surface area contributed by atoms with Crippen molar-refractivity contribution in [1.29, 1.82) is 5.26 Å². The maximum absolute atomic E-state index is 12.6. The molecule has 1 aliphatic heterocycles. The monoisotopic (exact) mass is 411 g/mol. The Kier molecular flexibility index (Phi) is 4.64. The van der Waals surface area contributed by atoms with E-state index in [1.165, 1.54) is 0 Å². The molecule has 26 heavy (non-hydrogen) atoms. The summed E-state index contributed by atoms with van der Waals surface area (Å²) < 4.78 is 6.83. The van der Waals surface area contributed by atoms with Crippen molar-refractivity contribution in [3.63, 3.8) is 0 Å². The van der Waals surface area contributed by atoms with Crippen LogP contribution in [0.3, 0.4) is 0 Å². The van der Waals surface area contributed by atoms with Crippen LogP contribution in [0.15, 0.2) is 41.1 Å². The normalized spacial score (nSPS) is 22.0. The highest BCUT2D eigenvalue weighted by molar-refractivity contribution is 9.10. The summed E-state index contributed by atoms with van der Waals surface area (Å²) in [6.45, 7) is 0.690. The van der Waals surface area contributed by atoms with E-state index in [1.54, 1.807) is 18.5 Å². The molecule has 2 heterocycles. The molecule has 5 nitrogen and oxygen atoms in total. The van der Waals surface area contributed by atoms with Gasteiger partial charge in [0.2, 0.25) is 0 Å². The molecule has 1 saturated carbocycles. The molecule has 6 heteroatoms. The van der Waals surface area contributed by atoms with Crippen LogP contribution in [0.2, 0.25) is 0 Å². The Morgan fingerprint density at radius 3 is 2.73 bits per heavy atom. The molecular weight excluding hydrogens is 394 g/mol. The van der Waals surface area contributed by atoms with Crippen LogP contribution in [-0.2, 0) is 6.54 Å². The van der Waals surface area contributed by atoms with E-state index in [0.29, 0.717) is 12.1 Å². The molecule has 2 aromatic rings. The molecule has 1 aromatic carbocycles. The van der Waals surface area contributed by atoms with Gasteiger partial charge in [-0.05, 0) is 71.4 Å². The summed E-state index contributed by atoms with van der Waals surface area (Å²) in [6, 6.07) is 9.78. The van der Waals surface area contributed by atoms with Crippen LogP contribution in [0.4, 0.5) is 0 Å². The number of fused-ring (bicyclic) bond motifs is 1. The van der Waals surface area contributed by atoms with Gasteiger partial charge >= 0.3 is 0 Å². The second kappa shape index (κ2) is 7.08. The number of aromatic nitrogens is 1. The Morgan fingerprint density at radius 2 is 2.04 bits per heavy atom. The van der Waals surface area contributed by atoms with Crippen molar-refractivity contribution in [3.8, 4) is 11.8 Å². The van der Waals surface area contributed by atoms with Crippen molar-refractivity contribution in [3.05, 3.63) is 57.8 Å². The van der Waals surface area contributed by atoms with Gasteiger partial charge in [-0.3, -0.25) is 9.78 Å². The number of rotatable bonds is 3. The topological polar surface area (TPSA) is 66.2 Å². The fourth-order valence-electron chi connectivity index (χ4n) is 3.79. The lowest BCUT2D eigenvalue weighted by atomic mass is 9.92. The van der Waals surface area contributed by atoms with E-state index in [4.69, 9.17) is 10.00 Å². The zero-order chi connectivity index (χ0) is 18.1.